The van der Waals surface area contributed by atoms with E-state index in [1.54, 1.807) is 6.92 Å². The Morgan fingerprint density at radius 2 is 2.22 bits per heavy atom. The van der Waals surface area contributed by atoms with E-state index in [-0.39, 0.29) is 5.97 Å². The Labute approximate surface area is 61.3 Å². The van der Waals surface area contributed by atoms with E-state index in [0.29, 0.717) is 10.2 Å². The third-order valence-corrected chi connectivity index (χ3v) is 2.06. The molecule has 0 radical (unpaired) electrons. The van der Waals surface area contributed by atoms with Crippen molar-refractivity contribution in [2.75, 3.05) is 0 Å². The number of carbonyl (C=O) groups is 1. The number of carbonyl (C=O) groups excluding carboxylic acids is 1. The molecule has 0 aromatic carbocycles. The van der Waals surface area contributed by atoms with Crippen LogP contribution in [-0.2, 0) is 9.53 Å². The molecule has 0 atom stereocenters. The molecular formula is C6H5BrO2. The molecule has 0 spiro atoms. The van der Waals surface area contributed by atoms with Crippen molar-refractivity contribution in [2.24, 2.45) is 0 Å². The van der Waals surface area contributed by atoms with Crippen LogP contribution in [-0.4, -0.2) is 5.97 Å². The van der Waals surface area contributed by atoms with Crippen LogP contribution in [0.5, 0.6) is 0 Å². The maximum absolute atomic E-state index is 10.6. The molecule has 0 saturated heterocycles. The Bertz CT molecular complexity index is 193. The summed E-state index contributed by atoms with van der Waals surface area (Å²) in [6.07, 6.45) is 0. The van der Waals surface area contributed by atoms with Crippen molar-refractivity contribution >= 4 is 21.9 Å². The van der Waals surface area contributed by atoms with Gasteiger partial charge in [-0.3, -0.25) is 0 Å². The van der Waals surface area contributed by atoms with E-state index < -0.39 is 0 Å². The second kappa shape index (κ2) is 1.99. The lowest BCUT2D eigenvalue weighted by molar-refractivity contribution is -0.132. The molecule has 0 fully saturated rings. The van der Waals surface area contributed by atoms with Gasteiger partial charge in [-0.25, -0.2) is 4.79 Å². The summed E-state index contributed by atoms with van der Waals surface area (Å²) < 4.78 is 5.11. The fourth-order valence-corrected chi connectivity index (χ4v) is 0.811. The zero-order valence-electron chi connectivity index (χ0n) is 4.90. The van der Waals surface area contributed by atoms with Gasteiger partial charge in [-0.2, -0.15) is 0 Å². The molecule has 0 saturated carbocycles. The highest BCUT2D eigenvalue weighted by Crippen LogP contribution is 2.27. The van der Waals surface area contributed by atoms with Gasteiger partial charge in [0.15, 0.2) is 0 Å². The van der Waals surface area contributed by atoms with Crippen molar-refractivity contribution in [2.45, 2.75) is 6.92 Å². The standard InChI is InChI=1S/C6H5BrO2/c1-3-4(2)9-6(8)5(3)7/h2H2,1H3. The van der Waals surface area contributed by atoms with Gasteiger partial charge in [0, 0.05) is 5.57 Å². The Morgan fingerprint density at radius 3 is 2.33 bits per heavy atom. The van der Waals surface area contributed by atoms with Crippen LogP contribution in [0.4, 0.5) is 0 Å². The van der Waals surface area contributed by atoms with Gasteiger partial charge < -0.3 is 4.74 Å². The molecule has 48 valence electrons. The number of esters is 1. The van der Waals surface area contributed by atoms with Crippen molar-refractivity contribution in [3.8, 4) is 0 Å². The summed E-state index contributed by atoms with van der Waals surface area (Å²) in [5, 5.41) is 0. The van der Waals surface area contributed by atoms with Gasteiger partial charge in [-0.05, 0) is 22.9 Å². The van der Waals surface area contributed by atoms with Crippen LogP contribution >= 0.6 is 15.9 Å². The molecule has 3 heteroatoms. The Balaban J connectivity index is 3.06. The quantitative estimate of drug-likeness (QED) is 0.542. The lowest BCUT2D eigenvalue weighted by Gasteiger charge is -1.90. The van der Waals surface area contributed by atoms with Crippen LogP contribution in [0.3, 0.4) is 0 Å². The van der Waals surface area contributed by atoms with Gasteiger partial charge in [0.05, 0.1) is 0 Å². The topological polar surface area (TPSA) is 26.3 Å². The molecule has 1 aliphatic rings. The Morgan fingerprint density at radius 1 is 1.67 bits per heavy atom. The van der Waals surface area contributed by atoms with E-state index in [1.165, 1.54) is 0 Å². The Kier molecular flexibility index (Phi) is 1.45. The van der Waals surface area contributed by atoms with Crippen molar-refractivity contribution in [3.05, 3.63) is 22.4 Å². The smallest absolute Gasteiger partial charge is 0.351 e. The minimum absolute atomic E-state index is 0.350. The minimum atomic E-state index is -0.350. The number of halogens is 1. The fourth-order valence-electron chi connectivity index (χ4n) is 0.509. The van der Waals surface area contributed by atoms with Crippen molar-refractivity contribution in [3.63, 3.8) is 0 Å². The third-order valence-electron chi connectivity index (χ3n) is 1.14. The molecule has 0 amide bonds. The fraction of sp³-hybridized carbons (Fsp3) is 0.167. The number of ether oxygens (including phenoxy) is 1. The zero-order valence-corrected chi connectivity index (χ0v) is 6.49. The predicted octanol–water partition coefficient (Wildman–Crippen LogP) is 1.73. The molecule has 0 aromatic rings. The van der Waals surface area contributed by atoms with Gasteiger partial charge in [-0.1, -0.05) is 6.58 Å². The van der Waals surface area contributed by atoms with Gasteiger partial charge in [0.1, 0.15) is 10.2 Å². The van der Waals surface area contributed by atoms with Crippen LogP contribution in [0.15, 0.2) is 22.4 Å². The largest absolute Gasteiger partial charge is 0.423 e. The van der Waals surface area contributed by atoms with Gasteiger partial charge in [-0.15, -0.1) is 0 Å². The summed E-state index contributed by atoms with van der Waals surface area (Å²) in [4.78, 5) is 10.6. The molecule has 1 aliphatic heterocycles. The number of cyclic esters (lactones) is 1. The molecular weight excluding hydrogens is 184 g/mol. The van der Waals surface area contributed by atoms with Crippen LogP contribution in [0.1, 0.15) is 6.92 Å². The molecule has 0 N–H and O–H groups in total. The highest BCUT2D eigenvalue weighted by molar-refractivity contribution is 9.12. The van der Waals surface area contributed by atoms with Crippen molar-refractivity contribution < 1.29 is 9.53 Å². The number of hydrogen-bond acceptors (Lipinski definition) is 2. The summed E-state index contributed by atoms with van der Waals surface area (Å²) in [6, 6.07) is 0. The van der Waals surface area contributed by atoms with E-state index in [4.69, 9.17) is 0 Å². The Hall–Kier alpha value is -0.570. The third kappa shape index (κ3) is 0.920. The summed E-state index contributed by atoms with van der Waals surface area (Å²) in [5.74, 6) is 0.0874. The molecule has 0 bridgehead atoms. The summed E-state index contributed by atoms with van der Waals surface area (Å²) in [5.41, 5.74) is 0.778. The minimum Gasteiger partial charge on any atom is -0.423 e. The average Bonchev–Trinajstić information content (AvgIpc) is 1.98. The van der Waals surface area contributed by atoms with E-state index in [2.05, 4.69) is 27.2 Å². The van der Waals surface area contributed by atoms with Crippen LogP contribution in [0.25, 0.3) is 0 Å². The average molecular weight is 189 g/mol. The van der Waals surface area contributed by atoms with Gasteiger partial charge in [0.2, 0.25) is 0 Å². The highest BCUT2D eigenvalue weighted by Gasteiger charge is 2.22. The van der Waals surface area contributed by atoms with E-state index >= 15 is 0 Å². The molecule has 0 aromatic heterocycles. The first-order valence-electron chi connectivity index (χ1n) is 2.40. The first-order valence-corrected chi connectivity index (χ1v) is 3.20. The van der Waals surface area contributed by atoms with Crippen LogP contribution in [0.2, 0.25) is 0 Å². The van der Waals surface area contributed by atoms with Gasteiger partial charge in [0.25, 0.3) is 0 Å². The summed E-state index contributed by atoms with van der Waals surface area (Å²) in [6.45, 7) is 5.28. The van der Waals surface area contributed by atoms with E-state index in [1.807, 2.05) is 0 Å². The van der Waals surface area contributed by atoms with Crippen molar-refractivity contribution in [1.82, 2.24) is 0 Å². The van der Waals surface area contributed by atoms with Crippen LogP contribution < -0.4 is 0 Å². The second-order valence-corrected chi connectivity index (χ2v) is 2.54. The molecule has 0 aliphatic carbocycles. The lowest BCUT2D eigenvalue weighted by atomic mass is 10.3. The van der Waals surface area contributed by atoms with E-state index in [9.17, 15) is 4.79 Å². The first kappa shape index (κ1) is 6.55. The molecule has 2 nitrogen and oxygen atoms in total. The maximum atomic E-state index is 10.6. The molecule has 1 heterocycles. The molecule has 9 heavy (non-hydrogen) atoms. The number of rotatable bonds is 0. The highest BCUT2D eigenvalue weighted by atomic mass is 79.9. The number of allylic oxidation sites excluding steroid dienone is 1. The molecule has 0 unspecified atom stereocenters. The monoisotopic (exact) mass is 188 g/mol. The van der Waals surface area contributed by atoms with Crippen LogP contribution in [0, 0.1) is 0 Å². The van der Waals surface area contributed by atoms with Gasteiger partial charge >= 0.3 is 5.97 Å². The van der Waals surface area contributed by atoms with Crippen molar-refractivity contribution in [1.29, 1.82) is 0 Å². The first-order chi connectivity index (χ1) is 4.13. The van der Waals surface area contributed by atoms with E-state index in [0.717, 1.165) is 5.57 Å². The summed E-state index contributed by atoms with van der Waals surface area (Å²) >= 11 is 3.05. The number of hydrogen-bond donors (Lipinski definition) is 0. The zero-order chi connectivity index (χ0) is 7.02. The normalized spacial score (nSPS) is 18.9. The predicted molar refractivity (Wildman–Crippen MR) is 36.9 cm³/mol. The lowest BCUT2D eigenvalue weighted by Crippen LogP contribution is -1.91. The SMILES string of the molecule is C=C1OC(=O)C(Br)=C1C. The molecule has 1 rings (SSSR count). The summed E-state index contributed by atoms with van der Waals surface area (Å²) in [7, 11) is 0. The maximum Gasteiger partial charge on any atom is 0.351 e. The second-order valence-electron chi connectivity index (χ2n) is 1.75.